The Balaban J connectivity index is 0.00000144. The van der Waals surface area contributed by atoms with Crippen molar-refractivity contribution in [1.82, 2.24) is 0 Å². The molecule has 0 amide bonds. The van der Waals surface area contributed by atoms with Crippen molar-refractivity contribution in [2.75, 3.05) is 0 Å². The molecule has 0 atom stereocenters. The average Bonchev–Trinajstić information content (AvgIpc) is 2.23. The molecule has 0 aliphatic heterocycles. The molecular weight excluding hydrogens is 251 g/mol. The highest BCUT2D eigenvalue weighted by Gasteiger charge is 2.42. The van der Waals surface area contributed by atoms with Gasteiger partial charge in [0.25, 0.3) is 0 Å². The summed E-state index contributed by atoms with van der Waals surface area (Å²) in [7, 11) is 0. The summed E-state index contributed by atoms with van der Waals surface area (Å²) in [5, 5.41) is 0. The third-order valence-electron chi connectivity index (χ3n) is 3.27. The zero-order valence-corrected chi connectivity index (χ0v) is 10.1. The largest absolute Gasteiger partial charge is 0.321 e. The molecule has 1 saturated carbocycles. The van der Waals surface area contributed by atoms with Crippen LogP contribution in [-0.4, -0.2) is 5.92 Å². The summed E-state index contributed by atoms with van der Waals surface area (Å²) >= 11 is 0. The first-order valence-electron chi connectivity index (χ1n) is 5.34. The van der Waals surface area contributed by atoms with E-state index in [2.05, 4.69) is 0 Å². The van der Waals surface area contributed by atoms with Gasteiger partial charge in [-0.05, 0) is 30.5 Å². The van der Waals surface area contributed by atoms with Crippen molar-refractivity contribution < 1.29 is 13.2 Å². The van der Waals surface area contributed by atoms with E-state index in [0.717, 1.165) is 0 Å². The maximum Gasteiger partial charge on any atom is 0.248 e. The van der Waals surface area contributed by atoms with E-state index in [-0.39, 0.29) is 43.9 Å². The number of hydrogen-bond acceptors (Lipinski definition) is 1. The SMILES string of the molecule is Cl.NC1(c2cccc(F)c2)CCC(F)(F)CC1. The Morgan fingerprint density at radius 2 is 1.65 bits per heavy atom. The van der Waals surface area contributed by atoms with Crippen LogP contribution in [-0.2, 0) is 5.54 Å². The van der Waals surface area contributed by atoms with Crippen LogP contribution < -0.4 is 5.73 Å². The molecule has 1 aromatic rings. The number of nitrogens with two attached hydrogens (primary N) is 1. The Morgan fingerprint density at radius 3 is 2.18 bits per heavy atom. The van der Waals surface area contributed by atoms with Crippen LogP contribution in [0.2, 0.25) is 0 Å². The van der Waals surface area contributed by atoms with Crippen LogP contribution in [0.3, 0.4) is 0 Å². The van der Waals surface area contributed by atoms with E-state index in [1.54, 1.807) is 12.1 Å². The Kier molecular flexibility index (Phi) is 4.10. The topological polar surface area (TPSA) is 26.0 Å². The number of benzene rings is 1. The van der Waals surface area contributed by atoms with Gasteiger partial charge >= 0.3 is 0 Å². The molecule has 1 aliphatic rings. The molecule has 0 bridgehead atoms. The van der Waals surface area contributed by atoms with Crippen molar-refractivity contribution >= 4 is 12.4 Å². The highest BCUT2D eigenvalue weighted by Crippen LogP contribution is 2.42. The van der Waals surface area contributed by atoms with Crippen molar-refractivity contribution in [1.29, 1.82) is 0 Å². The molecule has 96 valence electrons. The maximum atomic E-state index is 13.0. The molecule has 0 unspecified atom stereocenters. The Morgan fingerprint density at radius 1 is 1.06 bits per heavy atom. The summed E-state index contributed by atoms with van der Waals surface area (Å²) in [6, 6.07) is 5.92. The molecule has 5 heteroatoms. The lowest BCUT2D eigenvalue weighted by Crippen LogP contribution is -2.43. The quantitative estimate of drug-likeness (QED) is 0.825. The molecule has 2 rings (SSSR count). The highest BCUT2D eigenvalue weighted by atomic mass is 35.5. The van der Waals surface area contributed by atoms with Gasteiger partial charge in [-0.2, -0.15) is 0 Å². The minimum absolute atomic E-state index is 0. The summed E-state index contributed by atoms with van der Waals surface area (Å²) in [6.07, 6.45) is -0.0487. The van der Waals surface area contributed by atoms with Crippen molar-refractivity contribution in [3.05, 3.63) is 35.6 Å². The number of halogens is 4. The Labute approximate surface area is 105 Å². The summed E-state index contributed by atoms with van der Waals surface area (Å²) in [5.74, 6) is -2.99. The fraction of sp³-hybridized carbons (Fsp3) is 0.500. The highest BCUT2D eigenvalue weighted by molar-refractivity contribution is 5.85. The molecule has 0 radical (unpaired) electrons. The number of hydrogen-bond donors (Lipinski definition) is 1. The zero-order chi connectivity index (χ0) is 11.8. The van der Waals surface area contributed by atoms with Crippen molar-refractivity contribution in [3.63, 3.8) is 0 Å². The Bertz CT molecular complexity index is 385. The lowest BCUT2D eigenvalue weighted by atomic mass is 9.76. The first-order chi connectivity index (χ1) is 7.41. The molecule has 1 fully saturated rings. The molecule has 1 aliphatic carbocycles. The van der Waals surface area contributed by atoms with Gasteiger partial charge in [0.05, 0.1) is 0 Å². The zero-order valence-electron chi connectivity index (χ0n) is 9.26. The van der Waals surface area contributed by atoms with Gasteiger partial charge in [-0.25, -0.2) is 13.2 Å². The third-order valence-corrected chi connectivity index (χ3v) is 3.27. The van der Waals surface area contributed by atoms with E-state index in [1.165, 1.54) is 12.1 Å². The summed E-state index contributed by atoms with van der Waals surface area (Å²) in [4.78, 5) is 0. The van der Waals surface area contributed by atoms with E-state index in [9.17, 15) is 13.2 Å². The lowest BCUT2D eigenvalue weighted by molar-refractivity contribution is -0.0514. The van der Waals surface area contributed by atoms with Crippen LogP contribution in [0.15, 0.2) is 24.3 Å². The van der Waals surface area contributed by atoms with Crippen LogP contribution in [0.5, 0.6) is 0 Å². The van der Waals surface area contributed by atoms with Crippen molar-refractivity contribution in [2.24, 2.45) is 5.73 Å². The van der Waals surface area contributed by atoms with Gasteiger partial charge in [-0.15, -0.1) is 12.4 Å². The van der Waals surface area contributed by atoms with E-state index in [4.69, 9.17) is 5.73 Å². The van der Waals surface area contributed by atoms with E-state index in [0.29, 0.717) is 5.56 Å². The number of rotatable bonds is 1. The molecule has 1 nitrogen and oxygen atoms in total. The van der Waals surface area contributed by atoms with Crippen LogP contribution in [0.25, 0.3) is 0 Å². The normalized spacial score (nSPS) is 21.6. The van der Waals surface area contributed by atoms with Gasteiger partial charge in [0.15, 0.2) is 0 Å². The maximum absolute atomic E-state index is 13.0. The second-order valence-electron chi connectivity index (χ2n) is 4.52. The molecule has 0 heterocycles. The standard InChI is InChI=1S/C12H14F3N.ClH/c13-10-3-1-2-9(8-10)11(16)4-6-12(14,15)7-5-11;/h1-3,8H,4-7,16H2;1H. The second kappa shape index (κ2) is 4.86. The first-order valence-corrected chi connectivity index (χ1v) is 5.34. The van der Waals surface area contributed by atoms with Gasteiger partial charge in [-0.3, -0.25) is 0 Å². The fourth-order valence-corrected chi connectivity index (χ4v) is 2.15. The fourth-order valence-electron chi connectivity index (χ4n) is 2.15. The predicted octanol–water partition coefficient (Wildman–Crippen LogP) is 3.61. The average molecular weight is 266 g/mol. The first kappa shape index (κ1) is 14.3. The number of alkyl halides is 2. The molecule has 0 saturated heterocycles. The predicted molar refractivity (Wildman–Crippen MR) is 62.9 cm³/mol. The van der Waals surface area contributed by atoms with Crippen molar-refractivity contribution in [3.8, 4) is 0 Å². The van der Waals surface area contributed by atoms with E-state index in [1.807, 2.05) is 0 Å². The monoisotopic (exact) mass is 265 g/mol. The third kappa shape index (κ3) is 3.13. The van der Waals surface area contributed by atoms with Gasteiger partial charge in [-0.1, -0.05) is 12.1 Å². The molecular formula is C12H15ClF3N. The minimum atomic E-state index is -2.61. The van der Waals surface area contributed by atoms with Gasteiger partial charge < -0.3 is 5.73 Å². The van der Waals surface area contributed by atoms with Gasteiger partial charge in [0, 0.05) is 18.4 Å². The van der Waals surface area contributed by atoms with E-state index < -0.39 is 11.5 Å². The lowest BCUT2D eigenvalue weighted by Gasteiger charge is -2.37. The van der Waals surface area contributed by atoms with Gasteiger partial charge in [0.1, 0.15) is 5.82 Å². The summed E-state index contributed by atoms with van der Waals surface area (Å²) in [6.45, 7) is 0. The van der Waals surface area contributed by atoms with Gasteiger partial charge in [0.2, 0.25) is 5.92 Å². The van der Waals surface area contributed by atoms with E-state index >= 15 is 0 Å². The molecule has 17 heavy (non-hydrogen) atoms. The minimum Gasteiger partial charge on any atom is -0.321 e. The van der Waals surface area contributed by atoms with Crippen LogP contribution in [0.1, 0.15) is 31.2 Å². The van der Waals surface area contributed by atoms with Crippen LogP contribution in [0, 0.1) is 5.82 Å². The van der Waals surface area contributed by atoms with Crippen molar-refractivity contribution in [2.45, 2.75) is 37.1 Å². The molecule has 0 aromatic heterocycles. The van der Waals surface area contributed by atoms with Crippen LogP contribution in [0.4, 0.5) is 13.2 Å². The summed E-state index contributed by atoms with van der Waals surface area (Å²) in [5.41, 5.74) is 5.88. The van der Waals surface area contributed by atoms with Crippen LogP contribution >= 0.6 is 12.4 Å². The molecule has 1 aromatic carbocycles. The molecule has 0 spiro atoms. The smallest absolute Gasteiger partial charge is 0.248 e. The molecule has 2 N–H and O–H groups in total. The Hall–Kier alpha value is -0.740. The second-order valence-corrected chi connectivity index (χ2v) is 4.52. The summed E-state index contributed by atoms with van der Waals surface area (Å²) < 4.78 is 39.1.